The monoisotopic (exact) mass is 199 g/mol. The van der Waals surface area contributed by atoms with Gasteiger partial charge < -0.3 is 5.73 Å². The average molecular weight is 199 g/mol. The van der Waals surface area contributed by atoms with E-state index < -0.39 is 0 Å². The van der Waals surface area contributed by atoms with Crippen LogP contribution in [0.1, 0.15) is 48.0 Å². The molecule has 14 heavy (non-hydrogen) atoms. The quantitative estimate of drug-likeness (QED) is 0.743. The molecule has 2 nitrogen and oxygen atoms in total. The lowest BCUT2D eigenvalue weighted by Crippen LogP contribution is -2.35. The van der Waals surface area contributed by atoms with Gasteiger partial charge >= 0.3 is 0 Å². The Morgan fingerprint density at radius 3 is 1.86 bits per heavy atom. The van der Waals surface area contributed by atoms with Crippen LogP contribution in [0.25, 0.3) is 0 Å². The molecule has 0 aromatic heterocycles. The molecule has 0 aliphatic rings. The van der Waals surface area contributed by atoms with Gasteiger partial charge in [0, 0.05) is 5.92 Å². The topological polar surface area (TPSA) is 43.1 Å². The van der Waals surface area contributed by atoms with Gasteiger partial charge in [0.25, 0.3) is 0 Å². The number of amides is 1. The predicted molar refractivity (Wildman–Crippen MR) is 60.8 cm³/mol. The molecular weight excluding hydrogens is 174 g/mol. The molecular formula is C12H25NO. The summed E-state index contributed by atoms with van der Waals surface area (Å²) in [5.41, 5.74) is 5.41. The highest BCUT2D eigenvalue weighted by Crippen LogP contribution is 2.32. The summed E-state index contributed by atoms with van der Waals surface area (Å²) in [5.74, 6) is 0.982. The van der Waals surface area contributed by atoms with Gasteiger partial charge in [-0.2, -0.15) is 0 Å². The van der Waals surface area contributed by atoms with Crippen molar-refractivity contribution < 1.29 is 4.79 Å². The summed E-state index contributed by atoms with van der Waals surface area (Å²) in [6.07, 6.45) is 0.899. The van der Waals surface area contributed by atoms with Crippen LogP contribution >= 0.6 is 0 Å². The van der Waals surface area contributed by atoms with Crippen molar-refractivity contribution in [3.05, 3.63) is 0 Å². The zero-order chi connectivity index (χ0) is 11.5. The van der Waals surface area contributed by atoms with Gasteiger partial charge in [0.15, 0.2) is 0 Å². The van der Waals surface area contributed by atoms with Gasteiger partial charge in [-0.25, -0.2) is 0 Å². The van der Waals surface area contributed by atoms with Gasteiger partial charge in [-0.3, -0.25) is 4.79 Å². The minimum Gasteiger partial charge on any atom is -0.369 e. The molecule has 2 N–H and O–H groups in total. The average Bonchev–Trinajstić information content (AvgIpc) is 1.96. The maximum absolute atomic E-state index is 11.3. The van der Waals surface area contributed by atoms with E-state index in [4.69, 9.17) is 5.73 Å². The van der Waals surface area contributed by atoms with E-state index >= 15 is 0 Å². The summed E-state index contributed by atoms with van der Waals surface area (Å²) in [4.78, 5) is 11.3. The van der Waals surface area contributed by atoms with Crippen LogP contribution in [0, 0.1) is 23.2 Å². The van der Waals surface area contributed by atoms with Crippen molar-refractivity contribution in [3.63, 3.8) is 0 Å². The molecule has 0 saturated carbocycles. The maximum Gasteiger partial charge on any atom is 0.221 e. The SMILES string of the molecule is CC(C)C(C)CC(C(N)=O)C(C)(C)C. The van der Waals surface area contributed by atoms with E-state index in [1.54, 1.807) is 0 Å². The molecule has 0 aromatic carbocycles. The number of hydrogen-bond acceptors (Lipinski definition) is 1. The second-order valence-electron chi connectivity index (χ2n) is 5.78. The van der Waals surface area contributed by atoms with Crippen molar-refractivity contribution in [2.75, 3.05) is 0 Å². The summed E-state index contributed by atoms with van der Waals surface area (Å²) in [5, 5.41) is 0. The van der Waals surface area contributed by atoms with Crippen LogP contribution in [0.4, 0.5) is 0 Å². The van der Waals surface area contributed by atoms with Crippen molar-refractivity contribution >= 4 is 5.91 Å². The lowest BCUT2D eigenvalue weighted by atomic mass is 9.74. The molecule has 84 valence electrons. The van der Waals surface area contributed by atoms with Gasteiger partial charge in [0.1, 0.15) is 0 Å². The van der Waals surface area contributed by atoms with Gasteiger partial charge in [-0.15, -0.1) is 0 Å². The number of carbonyl (C=O) groups is 1. The number of nitrogens with two attached hydrogens (primary N) is 1. The molecule has 0 aliphatic carbocycles. The standard InChI is InChI=1S/C12H25NO/c1-8(2)9(3)7-10(11(13)14)12(4,5)6/h8-10H,7H2,1-6H3,(H2,13,14). The number of hydrogen-bond donors (Lipinski definition) is 1. The van der Waals surface area contributed by atoms with Crippen molar-refractivity contribution in [2.24, 2.45) is 28.9 Å². The van der Waals surface area contributed by atoms with E-state index in [-0.39, 0.29) is 17.2 Å². The third-order valence-electron chi connectivity index (χ3n) is 3.13. The van der Waals surface area contributed by atoms with E-state index in [0.717, 1.165) is 6.42 Å². The van der Waals surface area contributed by atoms with Crippen molar-refractivity contribution in [1.82, 2.24) is 0 Å². The fraction of sp³-hybridized carbons (Fsp3) is 0.917. The van der Waals surface area contributed by atoms with Crippen LogP contribution < -0.4 is 5.73 Å². The number of carbonyl (C=O) groups excluding carboxylic acids is 1. The summed E-state index contributed by atoms with van der Waals surface area (Å²) >= 11 is 0. The maximum atomic E-state index is 11.3. The Balaban J connectivity index is 4.48. The molecule has 2 heteroatoms. The minimum absolute atomic E-state index is 0.0140. The molecule has 2 unspecified atom stereocenters. The smallest absolute Gasteiger partial charge is 0.221 e. The first-order chi connectivity index (χ1) is 6.16. The number of primary amides is 1. The summed E-state index contributed by atoms with van der Waals surface area (Å²) in [6, 6.07) is 0. The van der Waals surface area contributed by atoms with Gasteiger partial charge in [0.05, 0.1) is 0 Å². The molecule has 0 fully saturated rings. The van der Waals surface area contributed by atoms with Crippen LogP contribution in [0.2, 0.25) is 0 Å². The minimum atomic E-state index is -0.162. The number of rotatable bonds is 4. The first-order valence-electron chi connectivity index (χ1n) is 5.45. The van der Waals surface area contributed by atoms with Crippen LogP contribution in [0.3, 0.4) is 0 Å². The van der Waals surface area contributed by atoms with Crippen LogP contribution in [0.5, 0.6) is 0 Å². The van der Waals surface area contributed by atoms with Gasteiger partial charge in [0.2, 0.25) is 5.91 Å². The van der Waals surface area contributed by atoms with E-state index in [0.29, 0.717) is 11.8 Å². The van der Waals surface area contributed by atoms with Crippen LogP contribution in [-0.4, -0.2) is 5.91 Å². The molecule has 0 spiro atoms. The van der Waals surface area contributed by atoms with Crippen molar-refractivity contribution in [3.8, 4) is 0 Å². The van der Waals surface area contributed by atoms with Crippen molar-refractivity contribution in [1.29, 1.82) is 0 Å². The molecule has 0 aromatic rings. The highest BCUT2D eigenvalue weighted by atomic mass is 16.1. The molecule has 0 aliphatic heterocycles. The fourth-order valence-electron chi connectivity index (χ4n) is 1.54. The Morgan fingerprint density at radius 2 is 1.64 bits per heavy atom. The summed E-state index contributed by atoms with van der Waals surface area (Å²) in [6.45, 7) is 12.8. The highest BCUT2D eigenvalue weighted by Gasteiger charge is 2.31. The Kier molecular flexibility index (Phi) is 4.63. The molecule has 0 heterocycles. The molecule has 0 saturated heterocycles. The molecule has 1 amide bonds. The van der Waals surface area contributed by atoms with Crippen molar-refractivity contribution in [2.45, 2.75) is 48.0 Å². The van der Waals surface area contributed by atoms with Crippen LogP contribution in [-0.2, 0) is 4.79 Å². The van der Waals surface area contributed by atoms with Crippen LogP contribution in [0.15, 0.2) is 0 Å². The van der Waals surface area contributed by atoms with Gasteiger partial charge in [-0.1, -0.05) is 41.5 Å². The third-order valence-corrected chi connectivity index (χ3v) is 3.13. The zero-order valence-corrected chi connectivity index (χ0v) is 10.4. The second kappa shape index (κ2) is 4.81. The first-order valence-corrected chi connectivity index (χ1v) is 5.45. The second-order valence-corrected chi connectivity index (χ2v) is 5.78. The normalized spacial score (nSPS) is 16.8. The van der Waals surface area contributed by atoms with Gasteiger partial charge in [-0.05, 0) is 23.7 Å². The Bertz CT molecular complexity index is 191. The summed E-state index contributed by atoms with van der Waals surface area (Å²) < 4.78 is 0. The fourth-order valence-corrected chi connectivity index (χ4v) is 1.54. The van der Waals surface area contributed by atoms with E-state index in [2.05, 4.69) is 41.5 Å². The molecule has 0 bridgehead atoms. The first kappa shape index (κ1) is 13.5. The molecule has 2 atom stereocenters. The Labute approximate surface area is 88.3 Å². The molecule has 0 radical (unpaired) electrons. The summed E-state index contributed by atoms with van der Waals surface area (Å²) in [7, 11) is 0. The van der Waals surface area contributed by atoms with E-state index in [1.807, 2.05) is 0 Å². The largest absolute Gasteiger partial charge is 0.369 e. The Morgan fingerprint density at radius 1 is 1.21 bits per heavy atom. The lowest BCUT2D eigenvalue weighted by molar-refractivity contribution is -0.125. The predicted octanol–water partition coefficient (Wildman–Crippen LogP) is 2.82. The lowest BCUT2D eigenvalue weighted by Gasteiger charge is -2.31. The van der Waals surface area contributed by atoms with E-state index in [1.165, 1.54) is 0 Å². The van der Waals surface area contributed by atoms with E-state index in [9.17, 15) is 4.79 Å². The molecule has 0 rings (SSSR count). The highest BCUT2D eigenvalue weighted by molar-refractivity contribution is 5.77. The Hall–Kier alpha value is -0.530. The third kappa shape index (κ3) is 4.12. The zero-order valence-electron chi connectivity index (χ0n) is 10.4.